The summed E-state index contributed by atoms with van der Waals surface area (Å²) < 4.78 is 4.56. The molecule has 0 spiro atoms. The zero-order valence-electron chi connectivity index (χ0n) is 10.5. The van der Waals surface area contributed by atoms with Gasteiger partial charge in [-0.3, -0.25) is 19.9 Å². The number of rotatable bonds is 5. The summed E-state index contributed by atoms with van der Waals surface area (Å²) in [5, 5.41) is 10.8. The average molecular weight is 276 g/mol. The topological polar surface area (TPSA) is 98.9 Å². The van der Waals surface area contributed by atoms with Crippen LogP contribution in [0, 0.1) is 10.1 Å². The molecule has 0 heterocycles. The Balaban J connectivity index is 1.97. The number of para-hydroxylation sites is 1. The Labute approximate surface area is 114 Å². The summed E-state index contributed by atoms with van der Waals surface area (Å²) in [5.41, 5.74) is -0.637. The van der Waals surface area contributed by atoms with Crippen LogP contribution in [-0.2, 0) is 9.53 Å². The van der Waals surface area contributed by atoms with Crippen molar-refractivity contribution in [3.8, 4) is 0 Å². The second kappa shape index (κ2) is 6.05. The van der Waals surface area contributed by atoms with Gasteiger partial charge >= 0.3 is 11.9 Å². The van der Waals surface area contributed by atoms with Crippen molar-refractivity contribution in [3.63, 3.8) is 0 Å². The van der Waals surface area contributed by atoms with Gasteiger partial charge in [0, 0.05) is 18.3 Å². The first kappa shape index (κ1) is 13.9. The highest BCUT2D eigenvalue weighted by atomic mass is 16.6. The first-order valence-electron chi connectivity index (χ1n) is 6.08. The third-order valence-corrected chi connectivity index (χ3v) is 2.65. The van der Waals surface area contributed by atoms with Gasteiger partial charge in [-0.05, 0) is 18.9 Å². The zero-order valence-corrected chi connectivity index (χ0v) is 10.5. The van der Waals surface area contributed by atoms with E-state index in [-0.39, 0.29) is 18.0 Å². The molecule has 7 heteroatoms. The van der Waals surface area contributed by atoms with Crippen molar-refractivity contribution in [2.24, 2.45) is 4.99 Å². The lowest BCUT2D eigenvalue weighted by Crippen LogP contribution is -2.14. The summed E-state index contributed by atoms with van der Waals surface area (Å²) in [6.45, 7) is 0. The van der Waals surface area contributed by atoms with Crippen LogP contribution < -0.4 is 0 Å². The molecule has 1 saturated carbocycles. The molecule has 0 amide bonds. The van der Waals surface area contributed by atoms with Gasteiger partial charge in [-0.2, -0.15) is 0 Å². The Morgan fingerprint density at radius 3 is 2.75 bits per heavy atom. The molecular formula is C13H12N2O5. The SMILES string of the molecule is O=C(CC=NC1CC1)OC(=O)c1ccccc1[N+](=O)[O-]. The number of nitrogens with zero attached hydrogens (tertiary/aromatic N) is 2. The molecule has 0 aliphatic heterocycles. The van der Waals surface area contributed by atoms with Gasteiger partial charge in [0.2, 0.25) is 0 Å². The molecule has 104 valence electrons. The summed E-state index contributed by atoms with van der Waals surface area (Å²) in [5.74, 6) is -1.81. The minimum Gasteiger partial charge on any atom is -0.389 e. The molecule has 7 nitrogen and oxygen atoms in total. The number of hydrogen-bond acceptors (Lipinski definition) is 6. The molecule has 0 unspecified atom stereocenters. The van der Waals surface area contributed by atoms with E-state index in [1.54, 1.807) is 0 Å². The van der Waals surface area contributed by atoms with Crippen LogP contribution in [0.15, 0.2) is 29.3 Å². The molecule has 0 saturated heterocycles. The van der Waals surface area contributed by atoms with E-state index >= 15 is 0 Å². The summed E-state index contributed by atoms with van der Waals surface area (Å²) in [6, 6.07) is 5.59. The van der Waals surface area contributed by atoms with Crippen LogP contribution in [0.1, 0.15) is 29.6 Å². The maximum absolute atomic E-state index is 11.7. The first-order chi connectivity index (χ1) is 9.58. The van der Waals surface area contributed by atoms with Crippen molar-refractivity contribution >= 4 is 23.8 Å². The Bertz CT molecular complexity index is 578. The average Bonchev–Trinajstić information content (AvgIpc) is 3.22. The molecular weight excluding hydrogens is 264 g/mol. The fraction of sp³-hybridized carbons (Fsp3) is 0.308. The monoisotopic (exact) mass is 276 g/mol. The largest absolute Gasteiger partial charge is 0.389 e. The fourth-order valence-corrected chi connectivity index (χ4v) is 1.51. The third kappa shape index (κ3) is 3.71. The van der Waals surface area contributed by atoms with E-state index in [4.69, 9.17) is 0 Å². The summed E-state index contributed by atoms with van der Waals surface area (Å²) >= 11 is 0. The molecule has 1 aromatic carbocycles. The molecule has 2 rings (SSSR count). The number of benzene rings is 1. The van der Waals surface area contributed by atoms with Crippen LogP contribution in [0.2, 0.25) is 0 Å². The highest BCUT2D eigenvalue weighted by molar-refractivity contribution is 6.02. The van der Waals surface area contributed by atoms with E-state index in [2.05, 4.69) is 9.73 Å². The number of aliphatic imine (C=N–C) groups is 1. The van der Waals surface area contributed by atoms with E-state index in [1.807, 2.05) is 0 Å². The second-order valence-corrected chi connectivity index (χ2v) is 4.30. The lowest BCUT2D eigenvalue weighted by molar-refractivity contribution is -0.385. The summed E-state index contributed by atoms with van der Waals surface area (Å²) in [4.78, 5) is 37.2. The molecule has 0 N–H and O–H groups in total. The van der Waals surface area contributed by atoms with Crippen LogP contribution in [0.5, 0.6) is 0 Å². The Hall–Kier alpha value is -2.57. The summed E-state index contributed by atoms with van der Waals surface area (Å²) in [7, 11) is 0. The van der Waals surface area contributed by atoms with Crippen LogP contribution in [0.25, 0.3) is 0 Å². The van der Waals surface area contributed by atoms with Gasteiger partial charge in [-0.1, -0.05) is 12.1 Å². The number of carbonyl (C=O) groups is 2. The van der Waals surface area contributed by atoms with Gasteiger partial charge in [-0.15, -0.1) is 0 Å². The molecule has 1 fully saturated rings. The molecule has 0 aromatic heterocycles. The van der Waals surface area contributed by atoms with Crippen LogP contribution >= 0.6 is 0 Å². The molecule has 1 aromatic rings. The van der Waals surface area contributed by atoms with Crippen molar-refractivity contribution in [1.29, 1.82) is 0 Å². The van der Waals surface area contributed by atoms with Gasteiger partial charge < -0.3 is 4.74 Å². The van der Waals surface area contributed by atoms with E-state index in [0.29, 0.717) is 0 Å². The van der Waals surface area contributed by atoms with Crippen molar-refractivity contribution < 1.29 is 19.2 Å². The van der Waals surface area contributed by atoms with Gasteiger partial charge in [0.05, 0.1) is 11.3 Å². The maximum atomic E-state index is 11.7. The maximum Gasteiger partial charge on any atom is 0.352 e. The number of hydrogen-bond donors (Lipinski definition) is 0. The van der Waals surface area contributed by atoms with Crippen LogP contribution in [-0.4, -0.2) is 29.1 Å². The molecule has 0 atom stereocenters. The van der Waals surface area contributed by atoms with Gasteiger partial charge in [-0.25, -0.2) is 4.79 Å². The minimum atomic E-state index is -1.03. The highest BCUT2D eigenvalue weighted by Gasteiger charge is 2.23. The Morgan fingerprint density at radius 1 is 1.40 bits per heavy atom. The number of ether oxygens (including phenoxy) is 1. The predicted octanol–water partition coefficient (Wildman–Crippen LogP) is 1.90. The quantitative estimate of drug-likeness (QED) is 0.269. The highest BCUT2D eigenvalue weighted by Crippen LogP contribution is 2.23. The van der Waals surface area contributed by atoms with E-state index in [1.165, 1.54) is 30.5 Å². The van der Waals surface area contributed by atoms with Crippen molar-refractivity contribution in [2.45, 2.75) is 25.3 Å². The van der Waals surface area contributed by atoms with Crippen molar-refractivity contribution in [2.75, 3.05) is 0 Å². The number of nitro benzene ring substituents is 1. The lowest BCUT2D eigenvalue weighted by Gasteiger charge is -2.02. The van der Waals surface area contributed by atoms with Crippen molar-refractivity contribution in [3.05, 3.63) is 39.9 Å². The zero-order chi connectivity index (χ0) is 14.5. The molecule has 1 aliphatic rings. The van der Waals surface area contributed by atoms with Crippen LogP contribution in [0.3, 0.4) is 0 Å². The van der Waals surface area contributed by atoms with Gasteiger partial charge in [0.1, 0.15) is 5.56 Å². The standard InChI is InChI=1S/C13H12N2O5/c16-12(7-8-14-9-5-6-9)20-13(17)10-3-1-2-4-11(10)15(18)19/h1-4,8-9H,5-7H2. The molecule has 0 radical (unpaired) electrons. The second-order valence-electron chi connectivity index (χ2n) is 4.30. The Morgan fingerprint density at radius 2 is 2.10 bits per heavy atom. The predicted molar refractivity (Wildman–Crippen MR) is 69.6 cm³/mol. The fourth-order valence-electron chi connectivity index (χ4n) is 1.51. The van der Waals surface area contributed by atoms with E-state index in [9.17, 15) is 19.7 Å². The smallest absolute Gasteiger partial charge is 0.352 e. The Kier molecular flexibility index (Phi) is 4.19. The summed E-state index contributed by atoms with van der Waals surface area (Å²) in [6.07, 6.45) is 3.32. The van der Waals surface area contributed by atoms with E-state index < -0.39 is 22.5 Å². The first-order valence-corrected chi connectivity index (χ1v) is 6.08. The van der Waals surface area contributed by atoms with E-state index in [0.717, 1.165) is 12.8 Å². The third-order valence-electron chi connectivity index (χ3n) is 2.65. The number of esters is 2. The van der Waals surface area contributed by atoms with Gasteiger partial charge in [0.25, 0.3) is 5.69 Å². The van der Waals surface area contributed by atoms with Crippen molar-refractivity contribution in [1.82, 2.24) is 0 Å². The molecule has 1 aliphatic carbocycles. The molecule has 20 heavy (non-hydrogen) atoms. The minimum absolute atomic E-state index is 0.122. The van der Waals surface area contributed by atoms with Crippen LogP contribution in [0.4, 0.5) is 5.69 Å². The molecule has 0 bridgehead atoms. The normalized spacial score (nSPS) is 14.2. The lowest BCUT2D eigenvalue weighted by atomic mass is 10.2. The number of carbonyl (C=O) groups excluding carboxylic acids is 2. The van der Waals surface area contributed by atoms with Gasteiger partial charge in [0.15, 0.2) is 0 Å². The number of nitro groups is 1.